The quantitative estimate of drug-likeness (QED) is 0.687. The molecule has 2 heteroatoms. The molecule has 0 aliphatic heterocycles. The Hall–Kier alpha value is -0.690. The van der Waals surface area contributed by atoms with Crippen LogP contribution in [0.1, 0.15) is 50.7 Å². The summed E-state index contributed by atoms with van der Waals surface area (Å²) in [6, 6.07) is 6.40. The van der Waals surface area contributed by atoms with Gasteiger partial charge in [0, 0.05) is 5.56 Å². The number of hydrogen-bond acceptors (Lipinski definition) is 1. The van der Waals surface area contributed by atoms with E-state index in [-0.39, 0.29) is 6.07 Å². The molecule has 0 spiro atoms. The van der Waals surface area contributed by atoms with Gasteiger partial charge in [0.25, 0.3) is 0 Å². The number of alkyl halides is 1. The van der Waals surface area contributed by atoms with Crippen LogP contribution in [0.25, 0.3) is 0 Å². The molecule has 0 saturated heterocycles. The average molecular weight is 227 g/mol. The molecular formula is C13H19ClO. The predicted octanol–water partition coefficient (Wildman–Crippen LogP) is 4.51. The maximum Gasteiger partial charge on any atom is 0.162 e. The van der Waals surface area contributed by atoms with Crippen LogP contribution in [0.4, 0.5) is 0 Å². The van der Waals surface area contributed by atoms with Crippen LogP contribution in [0.5, 0.6) is 5.75 Å². The Morgan fingerprint density at radius 1 is 1.13 bits per heavy atom. The Morgan fingerprint density at radius 3 is 2.27 bits per heavy atom. The predicted molar refractivity (Wildman–Crippen MR) is 66.0 cm³/mol. The van der Waals surface area contributed by atoms with Gasteiger partial charge in [-0.2, -0.15) is 0 Å². The van der Waals surface area contributed by atoms with Crippen LogP contribution in [0.15, 0.2) is 18.2 Å². The topological polar surface area (TPSA) is 9.23 Å². The fourth-order valence-electron chi connectivity index (χ4n) is 1.87. The summed E-state index contributed by atoms with van der Waals surface area (Å²) in [6.45, 7) is 8.77. The Labute approximate surface area is 97.4 Å². The Kier molecular flexibility index (Phi) is 4.46. The van der Waals surface area contributed by atoms with Crippen molar-refractivity contribution in [1.29, 1.82) is 0 Å². The number of benzene rings is 1. The maximum absolute atomic E-state index is 5.62. The van der Waals surface area contributed by atoms with Crippen molar-refractivity contribution >= 4 is 11.6 Å². The third-order valence-electron chi connectivity index (χ3n) is 2.51. The average Bonchev–Trinajstić information content (AvgIpc) is 2.17. The zero-order valence-electron chi connectivity index (χ0n) is 9.88. The van der Waals surface area contributed by atoms with E-state index in [2.05, 4.69) is 33.8 Å². The van der Waals surface area contributed by atoms with Crippen LogP contribution in [0.3, 0.4) is 0 Å². The highest BCUT2D eigenvalue weighted by Crippen LogP contribution is 2.33. The second-order valence-electron chi connectivity index (χ2n) is 4.32. The molecule has 0 fully saturated rings. The van der Waals surface area contributed by atoms with E-state index in [0.717, 1.165) is 5.75 Å². The Balaban J connectivity index is 3.22. The molecule has 0 radical (unpaired) electrons. The monoisotopic (exact) mass is 226 g/mol. The maximum atomic E-state index is 5.62. The van der Waals surface area contributed by atoms with Crippen molar-refractivity contribution in [1.82, 2.24) is 0 Å². The minimum atomic E-state index is 0.210. The van der Waals surface area contributed by atoms with Gasteiger partial charge in [0.1, 0.15) is 5.75 Å². The van der Waals surface area contributed by atoms with Crippen molar-refractivity contribution in [3.05, 3.63) is 29.3 Å². The van der Waals surface area contributed by atoms with Gasteiger partial charge >= 0.3 is 0 Å². The molecule has 1 nitrogen and oxygen atoms in total. The lowest BCUT2D eigenvalue weighted by Gasteiger charge is -2.19. The zero-order chi connectivity index (χ0) is 11.4. The van der Waals surface area contributed by atoms with E-state index in [9.17, 15) is 0 Å². The number of hydrogen-bond donors (Lipinski definition) is 0. The van der Waals surface area contributed by atoms with E-state index < -0.39 is 0 Å². The molecule has 84 valence electrons. The molecule has 1 aromatic rings. The van der Waals surface area contributed by atoms with Crippen LogP contribution < -0.4 is 4.74 Å². The Bertz CT molecular complexity index is 318. The van der Waals surface area contributed by atoms with Gasteiger partial charge in [-0.05, 0) is 23.5 Å². The van der Waals surface area contributed by atoms with Crippen LogP contribution in [-0.2, 0) is 0 Å². The normalized spacial score (nSPS) is 11.1. The fourth-order valence-corrected chi connectivity index (χ4v) is 1.98. The van der Waals surface area contributed by atoms with Gasteiger partial charge in [0.05, 0.1) is 0 Å². The Morgan fingerprint density at radius 2 is 1.80 bits per heavy atom. The molecule has 15 heavy (non-hydrogen) atoms. The SMILES string of the molecule is CC(C)c1cccc(OCCl)c1C(C)C. The highest BCUT2D eigenvalue weighted by atomic mass is 35.5. The van der Waals surface area contributed by atoms with E-state index in [1.54, 1.807) is 0 Å². The molecule has 0 bridgehead atoms. The van der Waals surface area contributed by atoms with Gasteiger partial charge in [0.2, 0.25) is 0 Å². The summed E-state index contributed by atoms with van der Waals surface area (Å²) in [7, 11) is 0. The first-order chi connectivity index (χ1) is 7.07. The summed E-state index contributed by atoms with van der Waals surface area (Å²) in [6.07, 6.45) is 0. The minimum absolute atomic E-state index is 0.210. The van der Waals surface area contributed by atoms with Crippen LogP contribution in [0.2, 0.25) is 0 Å². The first kappa shape index (κ1) is 12.4. The van der Waals surface area contributed by atoms with E-state index >= 15 is 0 Å². The fraction of sp³-hybridized carbons (Fsp3) is 0.538. The third-order valence-corrected chi connectivity index (χ3v) is 2.62. The molecule has 0 heterocycles. The van der Waals surface area contributed by atoms with Gasteiger partial charge in [-0.25, -0.2) is 0 Å². The van der Waals surface area contributed by atoms with Gasteiger partial charge in [-0.3, -0.25) is 0 Å². The van der Waals surface area contributed by atoms with Crippen molar-refractivity contribution < 1.29 is 4.74 Å². The molecule has 0 saturated carbocycles. The van der Waals surface area contributed by atoms with Crippen molar-refractivity contribution in [3.8, 4) is 5.75 Å². The van der Waals surface area contributed by atoms with Crippen molar-refractivity contribution in [2.45, 2.75) is 39.5 Å². The molecular weight excluding hydrogens is 208 g/mol. The lowest BCUT2D eigenvalue weighted by atomic mass is 9.90. The lowest BCUT2D eigenvalue weighted by Crippen LogP contribution is -2.03. The minimum Gasteiger partial charge on any atom is -0.478 e. The highest BCUT2D eigenvalue weighted by molar-refractivity contribution is 6.17. The van der Waals surface area contributed by atoms with E-state index in [4.69, 9.17) is 16.3 Å². The second-order valence-corrected chi connectivity index (χ2v) is 4.54. The number of halogens is 1. The number of rotatable bonds is 4. The summed E-state index contributed by atoms with van der Waals surface area (Å²) >= 11 is 5.62. The van der Waals surface area contributed by atoms with Crippen LogP contribution >= 0.6 is 11.6 Å². The molecule has 0 N–H and O–H groups in total. The second kappa shape index (κ2) is 5.41. The first-order valence-electron chi connectivity index (χ1n) is 5.39. The van der Waals surface area contributed by atoms with Crippen molar-refractivity contribution in [2.24, 2.45) is 0 Å². The summed E-state index contributed by atoms with van der Waals surface area (Å²) in [5.41, 5.74) is 2.64. The highest BCUT2D eigenvalue weighted by Gasteiger charge is 2.14. The van der Waals surface area contributed by atoms with Gasteiger partial charge in [-0.1, -0.05) is 51.4 Å². The van der Waals surface area contributed by atoms with E-state index in [1.165, 1.54) is 11.1 Å². The molecule has 0 amide bonds. The van der Waals surface area contributed by atoms with Gasteiger partial charge < -0.3 is 4.74 Å². The van der Waals surface area contributed by atoms with E-state index in [0.29, 0.717) is 11.8 Å². The third kappa shape index (κ3) is 2.88. The summed E-state index contributed by atoms with van der Waals surface area (Å²) in [4.78, 5) is 0. The summed E-state index contributed by atoms with van der Waals surface area (Å²) in [5, 5.41) is 0. The van der Waals surface area contributed by atoms with E-state index in [1.807, 2.05) is 12.1 Å². The van der Waals surface area contributed by atoms with Crippen molar-refractivity contribution in [3.63, 3.8) is 0 Å². The summed E-state index contributed by atoms with van der Waals surface area (Å²) in [5.74, 6) is 1.90. The van der Waals surface area contributed by atoms with Crippen molar-refractivity contribution in [2.75, 3.05) is 6.07 Å². The molecule has 1 rings (SSSR count). The van der Waals surface area contributed by atoms with Gasteiger partial charge in [0.15, 0.2) is 6.07 Å². The van der Waals surface area contributed by atoms with Crippen LogP contribution in [-0.4, -0.2) is 6.07 Å². The molecule has 1 aromatic carbocycles. The zero-order valence-corrected chi connectivity index (χ0v) is 10.6. The number of ether oxygens (including phenoxy) is 1. The first-order valence-corrected chi connectivity index (χ1v) is 5.93. The van der Waals surface area contributed by atoms with Crippen LogP contribution in [0, 0.1) is 0 Å². The molecule has 0 aromatic heterocycles. The molecule has 0 aliphatic carbocycles. The molecule has 0 unspecified atom stereocenters. The lowest BCUT2D eigenvalue weighted by molar-refractivity contribution is 0.380. The largest absolute Gasteiger partial charge is 0.478 e. The summed E-state index contributed by atoms with van der Waals surface area (Å²) < 4.78 is 5.45. The standard InChI is InChI=1S/C13H19ClO/c1-9(2)11-6-5-7-12(15-8-14)13(11)10(3)4/h5-7,9-10H,8H2,1-4H3. The molecule has 0 aliphatic rings. The van der Waals surface area contributed by atoms with Gasteiger partial charge in [-0.15, -0.1) is 0 Å². The smallest absolute Gasteiger partial charge is 0.162 e. The molecule has 0 atom stereocenters.